The fourth-order valence-electron chi connectivity index (χ4n) is 2.42. The van der Waals surface area contributed by atoms with Crippen molar-refractivity contribution in [1.29, 1.82) is 0 Å². The lowest BCUT2D eigenvalue weighted by Gasteiger charge is -2.12. The summed E-state index contributed by atoms with van der Waals surface area (Å²) in [6.07, 6.45) is 1.51. The van der Waals surface area contributed by atoms with Crippen molar-refractivity contribution in [3.8, 4) is 5.75 Å². The monoisotopic (exact) mass is 387 g/mol. The van der Waals surface area contributed by atoms with Crippen LogP contribution in [0.25, 0.3) is 6.08 Å². The van der Waals surface area contributed by atoms with Gasteiger partial charge in [0.05, 0.1) is 11.4 Å². The van der Waals surface area contributed by atoms with Crippen molar-refractivity contribution in [3.05, 3.63) is 70.4 Å². The summed E-state index contributed by atoms with van der Waals surface area (Å²) in [5.41, 5.74) is 0.833. The van der Waals surface area contributed by atoms with Gasteiger partial charge in [0.25, 0.3) is 11.1 Å². The van der Waals surface area contributed by atoms with Gasteiger partial charge in [-0.15, -0.1) is 0 Å². The molecular weight excluding hydrogens is 373 g/mol. The molecule has 1 N–H and O–H groups in total. The van der Waals surface area contributed by atoms with Crippen LogP contribution in [0.1, 0.15) is 11.1 Å². The topological polar surface area (TPSA) is 83.9 Å². The van der Waals surface area contributed by atoms with Gasteiger partial charge in [0.15, 0.2) is 6.61 Å². The van der Waals surface area contributed by atoms with Crippen LogP contribution in [0.4, 0.5) is 9.18 Å². The second-order valence-electron chi connectivity index (χ2n) is 5.61. The molecule has 8 heteroatoms. The van der Waals surface area contributed by atoms with E-state index < -0.39 is 29.5 Å². The quantitative estimate of drug-likeness (QED) is 0.764. The number of halogens is 1. The van der Waals surface area contributed by atoms with E-state index in [-0.39, 0.29) is 17.0 Å². The molecule has 1 aliphatic heterocycles. The molecule has 0 radical (unpaired) electrons. The van der Waals surface area contributed by atoms with Gasteiger partial charge in [-0.3, -0.25) is 14.5 Å². The van der Waals surface area contributed by atoms with E-state index in [4.69, 9.17) is 9.84 Å². The van der Waals surface area contributed by atoms with E-state index in [9.17, 15) is 18.8 Å². The van der Waals surface area contributed by atoms with E-state index in [1.54, 1.807) is 30.3 Å². The van der Waals surface area contributed by atoms with Crippen molar-refractivity contribution in [2.45, 2.75) is 6.54 Å². The minimum Gasteiger partial charge on any atom is -0.482 e. The zero-order valence-electron chi connectivity index (χ0n) is 13.9. The molecule has 1 aliphatic rings. The predicted octanol–water partition coefficient (Wildman–Crippen LogP) is 3.53. The van der Waals surface area contributed by atoms with Gasteiger partial charge in [-0.25, -0.2) is 9.18 Å². The van der Waals surface area contributed by atoms with Crippen molar-refractivity contribution in [3.63, 3.8) is 0 Å². The summed E-state index contributed by atoms with van der Waals surface area (Å²) in [6.45, 7) is -0.626. The van der Waals surface area contributed by atoms with Crippen LogP contribution in [0.15, 0.2) is 53.4 Å². The first-order valence-electron chi connectivity index (χ1n) is 7.87. The maximum Gasteiger partial charge on any atom is 0.341 e. The third-order valence-electron chi connectivity index (χ3n) is 3.68. The van der Waals surface area contributed by atoms with Crippen LogP contribution < -0.4 is 4.74 Å². The first-order valence-corrected chi connectivity index (χ1v) is 8.69. The number of ether oxygens (including phenoxy) is 1. The SMILES string of the molecule is O=C(O)COc1cccc(/C=C2\SC(=O)N(Cc3ccccc3F)C2=O)c1. The summed E-state index contributed by atoms with van der Waals surface area (Å²) in [5, 5.41) is 8.17. The predicted molar refractivity (Wildman–Crippen MR) is 97.5 cm³/mol. The molecule has 0 atom stereocenters. The Morgan fingerprint density at radius 1 is 1.19 bits per heavy atom. The molecule has 1 heterocycles. The molecule has 0 aliphatic carbocycles. The summed E-state index contributed by atoms with van der Waals surface area (Å²) < 4.78 is 18.9. The fourth-order valence-corrected chi connectivity index (χ4v) is 3.26. The van der Waals surface area contributed by atoms with Crippen LogP contribution in [0.2, 0.25) is 0 Å². The smallest absolute Gasteiger partial charge is 0.341 e. The third kappa shape index (κ3) is 4.53. The maximum atomic E-state index is 13.8. The highest BCUT2D eigenvalue weighted by Gasteiger charge is 2.35. The Balaban J connectivity index is 1.77. The molecule has 1 saturated heterocycles. The number of nitrogens with zero attached hydrogens (tertiary/aromatic N) is 1. The molecule has 138 valence electrons. The molecule has 27 heavy (non-hydrogen) atoms. The highest BCUT2D eigenvalue weighted by Crippen LogP contribution is 2.33. The highest BCUT2D eigenvalue weighted by molar-refractivity contribution is 8.18. The second-order valence-corrected chi connectivity index (χ2v) is 6.61. The Morgan fingerprint density at radius 2 is 1.96 bits per heavy atom. The Hall–Kier alpha value is -3.13. The van der Waals surface area contributed by atoms with Gasteiger partial charge in [0.2, 0.25) is 0 Å². The molecule has 0 aromatic heterocycles. The van der Waals surface area contributed by atoms with Gasteiger partial charge in [0.1, 0.15) is 11.6 Å². The Bertz CT molecular complexity index is 943. The Morgan fingerprint density at radius 3 is 2.70 bits per heavy atom. The number of imide groups is 1. The normalized spacial score (nSPS) is 15.4. The molecule has 2 amide bonds. The van der Waals surface area contributed by atoms with Crippen molar-refractivity contribution in [2.75, 3.05) is 6.61 Å². The third-order valence-corrected chi connectivity index (χ3v) is 4.59. The zero-order chi connectivity index (χ0) is 19.4. The minimum atomic E-state index is -1.10. The Kier molecular flexibility index (Phi) is 5.56. The van der Waals surface area contributed by atoms with Crippen LogP contribution in [0, 0.1) is 5.82 Å². The van der Waals surface area contributed by atoms with E-state index >= 15 is 0 Å². The van der Waals surface area contributed by atoms with Gasteiger partial charge >= 0.3 is 5.97 Å². The number of carboxylic acid groups (broad SMARTS) is 1. The van der Waals surface area contributed by atoms with Crippen LogP contribution in [-0.4, -0.2) is 33.7 Å². The largest absolute Gasteiger partial charge is 0.482 e. The van der Waals surface area contributed by atoms with Crippen molar-refractivity contribution >= 4 is 35.0 Å². The van der Waals surface area contributed by atoms with E-state index in [0.717, 1.165) is 16.7 Å². The number of aliphatic carboxylic acids is 1. The number of carboxylic acids is 1. The number of hydrogen-bond donors (Lipinski definition) is 1. The first kappa shape index (κ1) is 18.7. The number of hydrogen-bond acceptors (Lipinski definition) is 5. The van der Waals surface area contributed by atoms with Gasteiger partial charge in [-0.1, -0.05) is 30.3 Å². The number of carbonyl (C=O) groups is 3. The average molecular weight is 387 g/mol. The zero-order valence-corrected chi connectivity index (χ0v) is 14.7. The number of thioether (sulfide) groups is 1. The van der Waals surface area contributed by atoms with Crippen LogP contribution in [0.5, 0.6) is 5.75 Å². The summed E-state index contributed by atoms with van der Waals surface area (Å²) >= 11 is 0.767. The lowest BCUT2D eigenvalue weighted by molar-refractivity contribution is -0.139. The Labute approximate surface area is 158 Å². The number of carbonyl (C=O) groups excluding carboxylic acids is 2. The number of benzene rings is 2. The average Bonchev–Trinajstić information content (AvgIpc) is 2.89. The second kappa shape index (κ2) is 8.05. The standard InChI is InChI=1S/C19H14FNO5S/c20-15-7-2-1-5-13(15)10-21-18(24)16(27-19(21)25)9-12-4-3-6-14(8-12)26-11-17(22)23/h1-9H,10-11H2,(H,22,23)/b16-9-. The molecule has 6 nitrogen and oxygen atoms in total. The summed E-state index contributed by atoms with van der Waals surface area (Å²) in [4.78, 5) is 36.4. The van der Waals surface area contributed by atoms with Crippen molar-refractivity contribution in [2.24, 2.45) is 0 Å². The van der Waals surface area contributed by atoms with E-state index in [2.05, 4.69) is 0 Å². The summed E-state index contributed by atoms with van der Waals surface area (Å²) in [6, 6.07) is 12.4. The summed E-state index contributed by atoms with van der Waals surface area (Å²) in [7, 11) is 0. The van der Waals surface area contributed by atoms with Crippen molar-refractivity contribution < 1.29 is 28.6 Å². The lowest BCUT2D eigenvalue weighted by Crippen LogP contribution is -2.27. The van der Waals surface area contributed by atoms with Crippen molar-refractivity contribution in [1.82, 2.24) is 4.90 Å². The molecule has 0 unspecified atom stereocenters. The van der Waals surface area contributed by atoms with E-state index in [0.29, 0.717) is 11.3 Å². The van der Waals surface area contributed by atoms with Gasteiger partial charge < -0.3 is 9.84 Å². The lowest BCUT2D eigenvalue weighted by atomic mass is 10.2. The van der Waals surface area contributed by atoms with Crippen LogP contribution in [-0.2, 0) is 16.1 Å². The molecule has 1 fully saturated rings. The van der Waals surface area contributed by atoms with Crippen LogP contribution in [0.3, 0.4) is 0 Å². The molecule has 0 saturated carbocycles. The minimum absolute atomic E-state index is 0.142. The molecule has 0 bridgehead atoms. The van der Waals surface area contributed by atoms with E-state index in [1.165, 1.54) is 24.3 Å². The van der Waals surface area contributed by atoms with Gasteiger partial charge in [-0.05, 0) is 41.6 Å². The number of rotatable bonds is 6. The first-order chi connectivity index (χ1) is 12.9. The van der Waals surface area contributed by atoms with Gasteiger partial charge in [0, 0.05) is 5.56 Å². The van der Waals surface area contributed by atoms with Gasteiger partial charge in [-0.2, -0.15) is 0 Å². The molecule has 3 rings (SSSR count). The van der Waals surface area contributed by atoms with Crippen LogP contribution >= 0.6 is 11.8 Å². The summed E-state index contributed by atoms with van der Waals surface area (Å²) in [5.74, 6) is -1.76. The maximum absolute atomic E-state index is 13.8. The fraction of sp³-hybridized carbons (Fsp3) is 0.105. The highest BCUT2D eigenvalue weighted by atomic mass is 32.2. The number of amides is 2. The van der Waals surface area contributed by atoms with E-state index in [1.807, 2.05) is 0 Å². The molecule has 2 aromatic rings. The molecule has 2 aromatic carbocycles. The molecule has 0 spiro atoms. The molecular formula is C19H14FNO5S.